The highest BCUT2D eigenvalue weighted by Crippen LogP contribution is 2.35. The van der Waals surface area contributed by atoms with Gasteiger partial charge in [0.05, 0.1) is 17.4 Å². The van der Waals surface area contributed by atoms with Crippen molar-refractivity contribution in [3.8, 4) is 11.1 Å². The number of aryl methyl sites for hydroxylation is 1. The second kappa shape index (κ2) is 15.3. The molecule has 1 aliphatic rings. The number of rotatable bonds is 15. The van der Waals surface area contributed by atoms with Gasteiger partial charge in [0.2, 0.25) is 0 Å². The smallest absolute Gasteiger partial charge is 0.0958 e. The Balaban J connectivity index is 1.20. The summed E-state index contributed by atoms with van der Waals surface area (Å²) in [4.78, 5) is 0. The Morgan fingerprint density at radius 1 is 0.537 bits per heavy atom. The fourth-order valence-electron chi connectivity index (χ4n) is 5.86. The van der Waals surface area contributed by atoms with Gasteiger partial charge in [-0.05, 0) is 58.9 Å². The quantitative estimate of drug-likeness (QED) is 0.150. The highest BCUT2D eigenvalue weighted by molar-refractivity contribution is 5.74. The van der Waals surface area contributed by atoms with Gasteiger partial charge < -0.3 is 0 Å². The van der Waals surface area contributed by atoms with Gasteiger partial charge >= 0.3 is 0 Å². The Bertz CT molecular complexity index is 1320. The molecule has 0 radical (unpaired) electrons. The summed E-state index contributed by atoms with van der Waals surface area (Å²) in [5.41, 5.74) is 12.5. The zero-order valence-electron chi connectivity index (χ0n) is 24.8. The lowest BCUT2D eigenvalue weighted by Crippen LogP contribution is -2.33. The van der Waals surface area contributed by atoms with Crippen molar-refractivity contribution in [1.29, 1.82) is 0 Å². The van der Waals surface area contributed by atoms with Gasteiger partial charge in [-0.1, -0.05) is 162 Å². The molecule has 4 aromatic rings. The fraction of sp³-hybridized carbons (Fsp3) is 0.333. The largest absolute Gasteiger partial charge is 0.297 e. The van der Waals surface area contributed by atoms with E-state index in [1.165, 1.54) is 104 Å². The van der Waals surface area contributed by atoms with Gasteiger partial charge in [-0.3, -0.25) is 10.4 Å². The van der Waals surface area contributed by atoms with E-state index in [2.05, 4.69) is 133 Å². The minimum Gasteiger partial charge on any atom is -0.297 e. The maximum atomic E-state index is 3.71. The zero-order valence-corrected chi connectivity index (χ0v) is 24.8. The molecule has 1 aliphatic heterocycles. The second-order valence-corrected chi connectivity index (χ2v) is 11.5. The van der Waals surface area contributed by atoms with E-state index < -0.39 is 0 Å². The molecule has 1 unspecified atom stereocenters. The van der Waals surface area contributed by atoms with Crippen molar-refractivity contribution in [3.63, 3.8) is 0 Å². The van der Waals surface area contributed by atoms with Gasteiger partial charge in [-0.2, -0.15) is 0 Å². The van der Waals surface area contributed by atoms with Crippen LogP contribution in [-0.2, 0) is 6.42 Å². The standard InChI is InChI=1S/C39H46N2/c1-2-3-4-5-6-7-8-9-10-13-18-32-23-25-36(26-24-32)39-31-38(40-41(39)37-21-16-12-17-22-37)35-29-27-34(28-30-35)33-19-14-11-15-20-33/h11-12,14-17,19-31,39-40H,2-10,13,18H2,1H3. The first-order valence-corrected chi connectivity index (χ1v) is 15.9. The van der Waals surface area contributed by atoms with Gasteiger partial charge in [0.25, 0.3) is 0 Å². The molecule has 0 fully saturated rings. The summed E-state index contributed by atoms with van der Waals surface area (Å²) in [6, 6.07) is 39.6. The summed E-state index contributed by atoms with van der Waals surface area (Å²) >= 11 is 0. The molecule has 0 aliphatic carbocycles. The van der Waals surface area contributed by atoms with Crippen LogP contribution in [0.4, 0.5) is 5.69 Å². The van der Waals surface area contributed by atoms with E-state index in [1.807, 2.05) is 0 Å². The van der Waals surface area contributed by atoms with Crippen LogP contribution in [0.2, 0.25) is 0 Å². The molecule has 1 atom stereocenters. The van der Waals surface area contributed by atoms with Crippen molar-refractivity contribution in [2.24, 2.45) is 0 Å². The molecule has 0 saturated carbocycles. The van der Waals surface area contributed by atoms with Gasteiger partial charge in [0, 0.05) is 0 Å². The first-order chi connectivity index (χ1) is 20.3. The molecule has 1 heterocycles. The third-order valence-electron chi connectivity index (χ3n) is 8.32. The summed E-state index contributed by atoms with van der Waals surface area (Å²) in [5, 5.41) is 2.29. The minimum absolute atomic E-state index is 0.132. The molecular formula is C39H46N2. The normalized spacial score (nSPS) is 14.6. The van der Waals surface area contributed by atoms with Gasteiger partial charge in [-0.25, -0.2) is 0 Å². The lowest BCUT2D eigenvalue weighted by atomic mass is 9.99. The van der Waals surface area contributed by atoms with Gasteiger partial charge in [0.15, 0.2) is 0 Å². The van der Waals surface area contributed by atoms with E-state index in [0.29, 0.717) is 0 Å². The van der Waals surface area contributed by atoms with E-state index in [-0.39, 0.29) is 6.04 Å². The predicted molar refractivity (Wildman–Crippen MR) is 177 cm³/mol. The third-order valence-corrected chi connectivity index (χ3v) is 8.32. The maximum absolute atomic E-state index is 3.71. The average molecular weight is 543 g/mol. The molecule has 0 amide bonds. The molecule has 0 bridgehead atoms. The topological polar surface area (TPSA) is 15.3 Å². The zero-order chi connectivity index (χ0) is 28.1. The van der Waals surface area contributed by atoms with E-state index in [4.69, 9.17) is 0 Å². The van der Waals surface area contributed by atoms with Crippen LogP contribution in [0.5, 0.6) is 0 Å². The van der Waals surface area contributed by atoms with Gasteiger partial charge in [-0.15, -0.1) is 0 Å². The number of nitrogens with zero attached hydrogens (tertiary/aromatic N) is 1. The van der Waals surface area contributed by atoms with Crippen LogP contribution in [0.1, 0.15) is 93.9 Å². The number of unbranched alkanes of at least 4 members (excludes halogenated alkanes) is 9. The van der Waals surface area contributed by atoms with Crippen molar-refractivity contribution < 1.29 is 0 Å². The van der Waals surface area contributed by atoms with E-state index in [1.54, 1.807) is 0 Å². The van der Waals surface area contributed by atoms with Crippen molar-refractivity contribution in [2.45, 2.75) is 83.6 Å². The molecule has 212 valence electrons. The van der Waals surface area contributed by atoms with E-state index in [9.17, 15) is 0 Å². The Morgan fingerprint density at radius 2 is 1.07 bits per heavy atom. The van der Waals surface area contributed by atoms with Crippen LogP contribution < -0.4 is 10.4 Å². The molecule has 2 nitrogen and oxygen atoms in total. The van der Waals surface area contributed by atoms with E-state index >= 15 is 0 Å². The predicted octanol–water partition coefficient (Wildman–Crippen LogP) is 10.9. The van der Waals surface area contributed by atoms with E-state index in [0.717, 1.165) is 5.70 Å². The summed E-state index contributed by atoms with van der Waals surface area (Å²) in [7, 11) is 0. The molecule has 0 saturated heterocycles. The maximum Gasteiger partial charge on any atom is 0.0958 e. The van der Waals surface area contributed by atoms with Crippen LogP contribution in [0, 0.1) is 0 Å². The molecule has 41 heavy (non-hydrogen) atoms. The SMILES string of the molecule is CCCCCCCCCCCCc1ccc(C2C=C(c3ccc(-c4ccccc4)cc3)NN2c2ccccc2)cc1. The minimum atomic E-state index is 0.132. The monoisotopic (exact) mass is 542 g/mol. The number of nitrogens with one attached hydrogen (secondary N) is 1. The number of hydrogen-bond acceptors (Lipinski definition) is 2. The Hall–Kier alpha value is -3.78. The van der Waals surface area contributed by atoms with Gasteiger partial charge in [0.1, 0.15) is 0 Å². The third kappa shape index (κ3) is 8.13. The molecule has 4 aromatic carbocycles. The van der Waals surface area contributed by atoms with Crippen LogP contribution >= 0.6 is 0 Å². The highest BCUT2D eigenvalue weighted by atomic mass is 15.5. The van der Waals surface area contributed by atoms with Crippen molar-refractivity contribution in [1.82, 2.24) is 5.43 Å². The Morgan fingerprint density at radius 3 is 1.71 bits per heavy atom. The van der Waals surface area contributed by atoms with Crippen LogP contribution in [0.25, 0.3) is 16.8 Å². The lowest BCUT2D eigenvalue weighted by molar-refractivity contribution is 0.556. The Labute approximate surface area is 248 Å². The summed E-state index contributed by atoms with van der Waals surface area (Å²) < 4.78 is 0. The molecule has 1 N–H and O–H groups in total. The molecular weight excluding hydrogens is 496 g/mol. The molecule has 0 aromatic heterocycles. The average Bonchev–Trinajstić information content (AvgIpc) is 3.49. The summed E-state index contributed by atoms with van der Waals surface area (Å²) in [5.74, 6) is 0. The lowest BCUT2D eigenvalue weighted by Gasteiger charge is -2.27. The van der Waals surface area contributed by atoms with Crippen molar-refractivity contribution in [2.75, 3.05) is 5.01 Å². The first kappa shape index (κ1) is 28.7. The second-order valence-electron chi connectivity index (χ2n) is 11.5. The number of hydrazine groups is 1. The fourth-order valence-corrected chi connectivity index (χ4v) is 5.86. The Kier molecular flexibility index (Phi) is 10.7. The highest BCUT2D eigenvalue weighted by Gasteiger charge is 2.27. The summed E-state index contributed by atoms with van der Waals surface area (Å²) in [6.07, 6.45) is 17.4. The first-order valence-electron chi connectivity index (χ1n) is 15.9. The van der Waals surface area contributed by atoms with Crippen molar-refractivity contribution >= 4 is 11.4 Å². The van der Waals surface area contributed by atoms with Crippen LogP contribution in [0.3, 0.4) is 0 Å². The molecule has 2 heteroatoms. The molecule has 5 rings (SSSR count). The number of para-hydroxylation sites is 1. The molecule has 0 spiro atoms. The van der Waals surface area contributed by atoms with Crippen LogP contribution in [0.15, 0.2) is 115 Å². The summed E-state index contributed by atoms with van der Waals surface area (Å²) in [6.45, 7) is 2.29. The number of hydrogen-bond donors (Lipinski definition) is 1. The number of benzene rings is 4. The van der Waals surface area contributed by atoms with Crippen molar-refractivity contribution in [3.05, 3.63) is 132 Å². The number of anilines is 1. The van der Waals surface area contributed by atoms with Crippen LogP contribution in [-0.4, -0.2) is 0 Å².